The summed E-state index contributed by atoms with van der Waals surface area (Å²) >= 11 is 0. The molecule has 0 radical (unpaired) electrons. The molecule has 0 fully saturated rings. The number of allylic oxidation sites excluding steroid dienone is 7. The van der Waals surface area contributed by atoms with Gasteiger partial charge in [0.05, 0.1) is 6.10 Å². The minimum absolute atomic E-state index is 0.285. The Morgan fingerprint density at radius 2 is 1.85 bits per heavy atom. The molecular weight excluding hydrogens is 160 g/mol. The Hall–Kier alpha value is -1.24. The van der Waals surface area contributed by atoms with E-state index in [9.17, 15) is 0 Å². The monoisotopic (exact) mass is 176 g/mol. The maximum Gasteiger partial charge on any atom is 0.119 e. The van der Waals surface area contributed by atoms with E-state index < -0.39 is 0 Å². The Morgan fingerprint density at radius 3 is 2.62 bits per heavy atom. The van der Waals surface area contributed by atoms with Crippen LogP contribution in [0, 0.1) is 0 Å². The van der Waals surface area contributed by atoms with Gasteiger partial charge in [-0.3, -0.25) is 0 Å². The van der Waals surface area contributed by atoms with Crippen molar-refractivity contribution in [3.05, 3.63) is 48.3 Å². The Bertz CT molecular complexity index is 256. The molecule has 70 valence electrons. The van der Waals surface area contributed by atoms with Gasteiger partial charge in [0.1, 0.15) is 5.76 Å². The number of ether oxygens (including phenoxy) is 1. The summed E-state index contributed by atoms with van der Waals surface area (Å²) in [5.41, 5.74) is 0. The normalized spacial score (nSPS) is 28.9. The van der Waals surface area contributed by atoms with E-state index in [0.29, 0.717) is 0 Å². The summed E-state index contributed by atoms with van der Waals surface area (Å²) in [6.45, 7) is 4.20. The summed E-state index contributed by atoms with van der Waals surface area (Å²) < 4.78 is 5.67. The summed E-state index contributed by atoms with van der Waals surface area (Å²) in [7, 11) is 0. The molecule has 0 amide bonds. The van der Waals surface area contributed by atoms with Crippen LogP contribution in [0.3, 0.4) is 0 Å². The van der Waals surface area contributed by atoms with Gasteiger partial charge < -0.3 is 4.74 Å². The lowest BCUT2D eigenvalue weighted by Gasteiger charge is -2.12. The first kappa shape index (κ1) is 9.85. The van der Waals surface area contributed by atoms with Crippen LogP contribution in [0.2, 0.25) is 0 Å². The van der Waals surface area contributed by atoms with Gasteiger partial charge in [-0.05, 0) is 25.5 Å². The average molecular weight is 176 g/mol. The van der Waals surface area contributed by atoms with E-state index in [4.69, 9.17) is 4.74 Å². The maximum atomic E-state index is 5.67. The van der Waals surface area contributed by atoms with E-state index in [-0.39, 0.29) is 6.10 Å². The summed E-state index contributed by atoms with van der Waals surface area (Å²) in [6.07, 6.45) is 15.2. The third-order valence-electron chi connectivity index (χ3n) is 1.88. The molecule has 0 bridgehead atoms. The first-order valence-corrected chi connectivity index (χ1v) is 4.71. The van der Waals surface area contributed by atoms with Gasteiger partial charge in [0.15, 0.2) is 0 Å². The maximum absolute atomic E-state index is 5.67. The first-order chi connectivity index (χ1) is 6.33. The van der Waals surface area contributed by atoms with E-state index in [1.807, 2.05) is 42.5 Å². The van der Waals surface area contributed by atoms with E-state index in [1.54, 1.807) is 0 Å². The van der Waals surface area contributed by atoms with E-state index >= 15 is 0 Å². The molecule has 1 rings (SSSR count). The van der Waals surface area contributed by atoms with Crippen LogP contribution in [0.5, 0.6) is 0 Å². The SMILES string of the molecule is CCC(C)OC1=C/C=C\C=C/C=C\1. The van der Waals surface area contributed by atoms with Gasteiger partial charge >= 0.3 is 0 Å². The Morgan fingerprint density at radius 1 is 1.15 bits per heavy atom. The van der Waals surface area contributed by atoms with Crippen LogP contribution < -0.4 is 0 Å². The first-order valence-electron chi connectivity index (χ1n) is 4.71. The third kappa shape index (κ3) is 3.79. The zero-order valence-corrected chi connectivity index (χ0v) is 8.23. The second-order valence-corrected chi connectivity index (χ2v) is 3.03. The van der Waals surface area contributed by atoms with E-state index in [2.05, 4.69) is 13.8 Å². The molecule has 0 N–H and O–H groups in total. The number of hydrogen-bond acceptors (Lipinski definition) is 1. The standard InChI is InChI=1S/C12H16O/c1-3-11(2)13-12-9-7-5-4-6-8-10-12/h4-11H,3H2,1-2H3/b5-4-,6-4?,7-5?,8-6-,9-7-,10-8?,12-9?,12-10+. The van der Waals surface area contributed by atoms with Gasteiger partial charge in [-0.2, -0.15) is 0 Å². The molecule has 0 heterocycles. The van der Waals surface area contributed by atoms with Crippen LogP contribution in [0.1, 0.15) is 20.3 Å². The topological polar surface area (TPSA) is 9.23 Å². The molecule has 0 aromatic heterocycles. The van der Waals surface area contributed by atoms with Gasteiger partial charge in [-0.15, -0.1) is 0 Å². The molecule has 1 heteroatoms. The molecule has 1 aliphatic carbocycles. The van der Waals surface area contributed by atoms with E-state index in [0.717, 1.165) is 12.2 Å². The average Bonchev–Trinajstić information content (AvgIpc) is 2.09. The van der Waals surface area contributed by atoms with Crippen LogP contribution in [0.25, 0.3) is 0 Å². The lowest BCUT2D eigenvalue weighted by Crippen LogP contribution is -2.04. The van der Waals surface area contributed by atoms with Crippen LogP contribution in [-0.4, -0.2) is 6.10 Å². The van der Waals surface area contributed by atoms with Gasteiger partial charge in [0, 0.05) is 0 Å². The van der Waals surface area contributed by atoms with Crippen molar-refractivity contribution < 1.29 is 4.74 Å². The third-order valence-corrected chi connectivity index (χ3v) is 1.88. The van der Waals surface area contributed by atoms with E-state index in [1.165, 1.54) is 0 Å². The predicted octanol–water partition coefficient (Wildman–Crippen LogP) is 3.37. The molecule has 0 saturated heterocycles. The predicted molar refractivity (Wildman–Crippen MR) is 56.3 cm³/mol. The second kappa shape index (κ2) is 5.41. The molecule has 1 unspecified atom stereocenters. The minimum atomic E-state index is 0.285. The molecule has 0 aliphatic heterocycles. The Balaban J connectivity index is 2.57. The quantitative estimate of drug-likeness (QED) is 0.640. The zero-order valence-electron chi connectivity index (χ0n) is 8.23. The minimum Gasteiger partial charge on any atom is -0.491 e. The Kier molecular flexibility index (Phi) is 4.10. The highest BCUT2D eigenvalue weighted by atomic mass is 16.5. The number of hydrogen-bond donors (Lipinski definition) is 0. The lowest BCUT2D eigenvalue weighted by atomic mass is 10.2. The van der Waals surface area contributed by atoms with Crippen molar-refractivity contribution >= 4 is 0 Å². The summed E-state index contributed by atoms with van der Waals surface area (Å²) in [4.78, 5) is 0. The fraction of sp³-hybridized carbons (Fsp3) is 0.333. The summed E-state index contributed by atoms with van der Waals surface area (Å²) in [5, 5.41) is 0. The van der Waals surface area contributed by atoms with Crippen molar-refractivity contribution in [3.8, 4) is 0 Å². The number of rotatable bonds is 3. The van der Waals surface area contributed by atoms with Crippen molar-refractivity contribution in [3.63, 3.8) is 0 Å². The van der Waals surface area contributed by atoms with Crippen LogP contribution in [0.4, 0.5) is 0 Å². The van der Waals surface area contributed by atoms with Gasteiger partial charge in [-0.25, -0.2) is 0 Å². The van der Waals surface area contributed by atoms with Gasteiger partial charge in [0.2, 0.25) is 0 Å². The molecule has 1 nitrogen and oxygen atoms in total. The molecule has 1 atom stereocenters. The van der Waals surface area contributed by atoms with Crippen LogP contribution in [0.15, 0.2) is 48.3 Å². The van der Waals surface area contributed by atoms with Gasteiger partial charge in [0.25, 0.3) is 0 Å². The fourth-order valence-electron chi connectivity index (χ4n) is 0.943. The van der Waals surface area contributed by atoms with Gasteiger partial charge in [-0.1, -0.05) is 37.3 Å². The highest BCUT2D eigenvalue weighted by Crippen LogP contribution is 2.08. The molecular formula is C12H16O. The summed E-state index contributed by atoms with van der Waals surface area (Å²) in [5.74, 6) is 0.926. The molecule has 0 aromatic rings. The summed E-state index contributed by atoms with van der Waals surface area (Å²) in [6, 6.07) is 0. The molecule has 0 aromatic carbocycles. The fourth-order valence-corrected chi connectivity index (χ4v) is 0.943. The van der Waals surface area contributed by atoms with Crippen molar-refractivity contribution in [2.75, 3.05) is 0 Å². The molecule has 1 aliphatic rings. The van der Waals surface area contributed by atoms with Crippen molar-refractivity contribution in [1.82, 2.24) is 0 Å². The second-order valence-electron chi connectivity index (χ2n) is 3.03. The lowest BCUT2D eigenvalue weighted by molar-refractivity contribution is 0.138. The molecule has 0 spiro atoms. The molecule has 13 heavy (non-hydrogen) atoms. The van der Waals surface area contributed by atoms with Crippen molar-refractivity contribution in [2.45, 2.75) is 26.4 Å². The van der Waals surface area contributed by atoms with Crippen molar-refractivity contribution in [1.29, 1.82) is 0 Å². The van der Waals surface area contributed by atoms with Crippen LogP contribution >= 0.6 is 0 Å². The zero-order chi connectivity index (χ0) is 9.52. The highest BCUT2D eigenvalue weighted by molar-refractivity contribution is 5.27. The largest absolute Gasteiger partial charge is 0.491 e. The molecule has 0 saturated carbocycles. The highest BCUT2D eigenvalue weighted by Gasteiger charge is 1.99. The smallest absolute Gasteiger partial charge is 0.119 e. The Labute approximate surface area is 80.1 Å². The van der Waals surface area contributed by atoms with Crippen LogP contribution in [-0.2, 0) is 4.74 Å². The van der Waals surface area contributed by atoms with Crippen molar-refractivity contribution in [2.24, 2.45) is 0 Å².